The Morgan fingerprint density at radius 3 is 2.30 bits per heavy atom. The normalized spacial score (nSPS) is 17.2. The minimum atomic E-state index is -3.23. The van der Waals surface area contributed by atoms with Crippen molar-refractivity contribution in [3.63, 3.8) is 0 Å². The molecule has 1 atom stereocenters. The van der Waals surface area contributed by atoms with Crippen LogP contribution in [0.2, 0.25) is 0 Å². The van der Waals surface area contributed by atoms with E-state index in [1.165, 1.54) is 31.3 Å². The number of likely N-dealkylation sites (N-methyl/N-ethyl adjacent to an activating group) is 1. The molecule has 0 N–H and O–H groups in total. The van der Waals surface area contributed by atoms with Gasteiger partial charge in [-0.3, -0.25) is 9.63 Å². The van der Waals surface area contributed by atoms with Gasteiger partial charge in [-0.1, -0.05) is 37.8 Å². The molecule has 0 aliphatic heterocycles. The smallest absolute Gasteiger partial charge is 0.253 e. The van der Waals surface area contributed by atoms with Crippen LogP contribution in [0.1, 0.15) is 43.6 Å². The lowest BCUT2D eigenvalue weighted by Gasteiger charge is -2.24. The molecule has 0 bridgehead atoms. The van der Waals surface area contributed by atoms with Crippen molar-refractivity contribution in [1.82, 2.24) is 5.06 Å². The SMILES string of the molecule is CON(C)C(=O)C(CC1CCCC1)c1ccc(S(C)(=O)=O)cc1. The van der Waals surface area contributed by atoms with E-state index in [9.17, 15) is 13.2 Å². The van der Waals surface area contributed by atoms with Gasteiger partial charge >= 0.3 is 0 Å². The van der Waals surface area contributed by atoms with E-state index in [0.29, 0.717) is 5.92 Å². The number of sulfone groups is 1. The Bertz CT molecular complexity index is 633. The number of carbonyl (C=O) groups excluding carboxylic acids is 1. The van der Waals surface area contributed by atoms with Crippen molar-refractivity contribution in [3.8, 4) is 0 Å². The topological polar surface area (TPSA) is 63.7 Å². The molecule has 6 heteroatoms. The summed E-state index contributed by atoms with van der Waals surface area (Å²) in [7, 11) is -0.153. The second-order valence-electron chi connectivity index (χ2n) is 6.30. The highest BCUT2D eigenvalue weighted by molar-refractivity contribution is 7.90. The largest absolute Gasteiger partial charge is 0.275 e. The molecule has 0 radical (unpaired) electrons. The summed E-state index contributed by atoms with van der Waals surface area (Å²) in [6, 6.07) is 6.65. The second kappa shape index (κ2) is 7.45. The summed E-state index contributed by atoms with van der Waals surface area (Å²) >= 11 is 0. The quantitative estimate of drug-likeness (QED) is 0.748. The number of carbonyl (C=O) groups is 1. The van der Waals surface area contributed by atoms with E-state index >= 15 is 0 Å². The maximum atomic E-state index is 12.6. The van der Waals surface area contributed by atoms with Crippen molar-refractivity contribution in [2.24, 2.45) is 5.92 Å². The van der Waals surface area contributed by atoms with Gasteiger partial charge in [0.15, 0.2) is 9.84 Å². The Kier molecular flexibility index (Phi) is 5.81. The Balaban J connectivity index is 2.26. The van der Waals surface area contributed by atoms with Crippen LogP contribution in [-0.2, 0) is 19.5 Å². The van der Waals surface area contributed by atoms with Gasteiger partial charge in [-0.25, -0.2) is 13.5 Å². The first-order chi connectivity index (χ1) is 10.8. The zero-order valence-corrected chi connectivity index (χ0v) is 14.8. The molecule has 1 fully saturated rings. The molecular weight excluding hydrogens is 314 g/mol. The maximum Gasteiger partial charge on any atom is 0.253 e. The molecule has 0 heterocycles. The van der Waals surface area contributed by atoms with Gasteiger partial charge in [0.05, 0.1) is 17.9 Å². The van der Waals surface area contributed by atoms with E-state index in [4.69, 9.17) is 4.84 Å². The third kappa shape index (κ3) is 4.54. The van der Waals surface area contributed by atoms with Crippen LogP contribution in [0.3, 0.4) is 0 Å². The monoisotopic (exact) mass is 339 g/mol. The highest BCUT2D eigenvalue weighted by atomic mass is 32.2. The Morgan fingerprint density at radius 2 is 1.83 bits per heavy atom. The van der Waals surface area contributed by atoms with E-state index in [2.05, 4.69) is 0 Å². The van der Waals surface area contributed by atoms with Crippen LogP contribution in [-0.4, -0.2) is 39.8 Å². The lowest BCUT2D eigenvalue weighted by Crippen LogP contribution is -2.31. The highest BCUT2D eigenvalue weighted by Crippen LogP contribution is 2.35. The molecule has 1 aliphatic carbocycles. The van der Waals surface area contributed by atoms with E-state index in [1.54, 1.807) is 31.3 Å². The number of hydrogen-bond acceptors (Lipinski definition) is 4. The van der Waals surface area contributed by atoms with Crippen molar-refractivity contribution in [1.29, 1.82) is 0 Å². The van der Waals surface area contributed by atoms with Crippen molar-refractivity contribution >= 4 is 15.7 Å². The Labute approximate surface area is 138 Å². The van der Waals surface area contributed by atoms with Gasteiger partial charge in [-0.05, 0) is 30.0 Å². The Morgan fingerprint density at radius 1 is 1.26 bits per heavy atom. The van der Waals surface area contributed by atoms with Crippen LogP contribution in [0.4, 0.5) is 0 Å². The van der Waals surface area contributed by atoms with E-state index in [0.717, 1.165) is 24.8 Å². The molecule has 0 saturated heterocycles. The molecule has 23 heavy (non-hydrogen) atoms. The predicted molar refractivity (Wildman–Crippen MR) is 88.6 cm³/mol. The standard InChI is InChI=1S/C17H25NO4S/c1-18(22-2)17(19)16(12-13-6-4-5-7-13)14-8-10-15(11-9-14)23(3,20)21/h8-11,13,16H,4-7,12H2,1-3H3. The van der Waals surface area contributed by atoms with Crippen molar-refractivity contribution in [2.75, 3.05) is 20.4 Å². The fourth-order valence-electron chi connectivity index (χ4n) is 3.22. The minimum absolute atomic E-state index is 0.0912. The fourth-order valence-corrected chi connectivity index (χ4v) is 3.85. The molecule has 1 aromatic rings. The van der Waals surface area contributed by atoms with E-state index in [-0.39, 0.29) is 16.7 Å². The minimum Gasteiger partial charge on any atom is -0.275 e. The van der Waals surface area contributed by atoms with Crippen LogP contribution >= 0.6 is 0 Å². The third-order valence-corrected chi connectivity index (χ3v) is 5.77. The first-order valence-corrected chi connectivity index (χ1v) is 9.83. The van der Waals surface area contributed by atoms with Gasteiger partial charge in [-0.15, -0.1) is 0 Å². The zero-order valence-electron chi connectivity index (χ0n) is 14.0. The average molecular weight is 339 g/mol. The summed E-state index contributed by atoms with van der Waals surface area (Å²) in [6.07, 6.45) is 6.72. The van der Waals surface area contributed by atoms with Gasteiger partial charge < -0.3 is 0 Å². The summed E-state index contributed by atoms with van der Waals surface area (Å²) in [6.45, 7) is 0. The number of benzene rings is 1. The fraction of sp³-hybridized carbons (Fsp3) is 0.588. The molecule has 1 aromatic carbocycles. The molecule has 1 saturated carbocycles. The molecule has 1 unspecified atom stereocenters. The Hall–Kier alpha value is -1.40. The van der Waals surface area contributed by atoms with Gasteiger partial charge in [0, 0.05) is 13.3 Å². The summed E-state index contributed by atoms with van der Waals surface area (Å²) in [5, 5.41) is 1.25. The maximum absolute atomic E-state index is 12.6. The lowest BCUT2D eigenvalue weighted by atomic mass is 9.87. The first kappa shape index (κ1) is 17.9. The molecule has 5 nitrogen and oxygen atoms in total. The molecular formula is C17H25NO4S. The van der Waals surface area contributed by atoms with Gasteiger partial charge in [0.1, 0.15) is 0 Å². The summed E-state index contributed by atoms with van der Waals surface area (Å²) in [4.78, 5) is 17.9. The second-order valence-corrected chi connectivity index (χ2v) is 8.31. The van der Waals surface area contributed by atoms with Crippen molar-refractivity contribution in [3.05, 3.63) is 29.8 Å². The summed E-state index contributed by atoms with van der Waals surface area (Å²) < 4.78 is 23.2. The van der Waals surface area contributed by atoms with Crippen LogP contribution < -0.4 is 0 Å². The number of hydrogen-bond donors (Lipinski definition) is 0. The summed E-state index contributed by atoms with van der Waals surface area (Å²) in [5.74, 6) is 0.159. The highest BCUT2D eigenvalue weighted by Gasteiger charge is 2.29. The number of amides is 1. The van der Waals surface area contributed by atoms with Crippen LogP contribution in [0.5, 0.6) is 0 Å². The van der Waals surface area contributed by atoms with Crippen molar-refractivity contribution < 1.29 is 18.0 Å². The first-order valence-electron chi connectivity index (χ1n) is 7.94. The number of nitrogens with zero attached hydrogens (tertiary/aromatic N) is 1. The van der Waals surface area contributed by atoms with Crippen LogP contribution in [0.15, 0.2) is 29.2 Å². The van der Waals surface area contributed by atoms with E-state index < -0.39 is 9.84 Å². The third-order valence-electron chi connectivity index (χ3n) is 4.64. The average Bonchev–Trinajstić information content (AvgIpc) is 3.03. The van der Waals surface area contributed by atoms with E-state index in [1.807, 2.05) is 0 Å². The predicted octanol–water partition coefficient (Wildman–Crippen LogP) is 2.77. The van der Waals surface area contributed by atoms with Gasteiger partial charge in [-0.2, -0.15) is 0 Å². The molecule has 128 valence electrons. The van der Waals surface area contributed by atoms with Crippen molar-refractivity contribution in [2.45, 2.75) is 42.9 Å². The van der Waals surface area contributed by atoms with Gasteiger partial charge in [0.25, 0.3) is 5.91 Å². The molecule has 0 spiro atoms. The molecule has 2 rings (SSSR count). The van der Waals surface area contributed by atoms with Crippen LogP contribution in [0.25, 0.3) is 0 Å². The zero-order chi connectivity index (χ0) is 17.0. The van der Waals surface area contributed by atoms with Crippen LogP contribution in [0, 0.1) is 5.92 Å². The number of hydroxylamine groups is 2. The summed E-state index contributed by atoms with van der Waals surface area (Å²) in [5.41, 5.74) is 0.846. The molecule has 1 aliphatic rings. The lowest BCUT2D eigenvalue weighted by molar-refractivity contribution is -0.170. The number of rotatable bonds is 6. The van der Waals surface area contributed by atoms with Gasteiger partial charge in [0.2, 0.25) is 0 Å². The molecule has 1 amide bonds. The molecule has 0 aromatic heterocycles.